The number of anilines is 1. The number of nitrogen functional groups attached to an aromatic ring is 1. The number of thiocarbonyl (C=S) groups is 1. The molecule has 0 aromatic heterocycles. The number of benzene rings is 1. The predicted octanol–water partition coefficient (Wildman–Crippen LogP) is 1.42. The Balaban J connectivity index is 3.19. The molecule has 0 aliphatic carbocycles. The maximum absolute atomic E-state index is 11.2. The average molecular weight is 223 g/mol. The van der Waals surface area contributed by atoms with Crippen LogP contribution in [0.4, 0.5) is 11.4 Å². The molecule has 0 spiro atoms. The second-order valence-corrected chi connectivity index (χ2v) is 2.72. The SMILES string of the molecule is Nc1cc([N+](=O)[O-])ccc1C(=O)N=C=S. The number of nitro groups is 1. The molecule has 0 bridgehead atoms. The van der Waals surface area contributed by atoms with Crippen LogP contribution in [0, 0.1) is 10.1 Å². The number of hydrogen-bond acceptors (Lipinski definition) is 5. The minimum Gasteiger partial charge on any atom is -0.398 e. The third-order valence-corrected chi connectivity index (χ3v) is 1.71. The van der Waals surface area contributed by atoms with Gasteiger partial charge in [0.2, 0.25) is 0 Å². The third-order valence-electron chi connectivity index (χ3n) is 1.62. The van der Waals surface area contributed by atoms with Gasteiger partial charge in [0.1, 0.15) is 0 Å². The van der Waals surface area contributed by atoms with Crippen LogP contribution in [0.15, 0.2) is 23.2 Å². The van der Waals surface area contributed by atoms with Crippen molar-refractivity contribution in [3.8, 4) is 0 Å². The molecule has 0 atom stereocenters. The Kier molecular flexibility index (Phi) is 3.22. The van der Waals surface area contributed by atoms with Crippen LogP contribution in [0.1, 0.15) is 10.4 Å². The summed E-state index contributed by atoms with van der Waals surface area (Å²) in [5.74, 6) is -0.669. The highest BCUT2D eigenvalue weighted by Gasteiger charge is 2.13. The minimum atomic E-state index is -0.669. The highest BCUT2D eigenvalue weighted by molar-refractivity contribution is 7.78. The zero-order valence-corrected chi connectivity index (χ0v) is 8.15. The summed E-state index contributed by atoms with van der Waals surface area (Å²) in [5, 5.41) is 12.3. The normalized spacial score (nSPS) is 9.07. The molecule has 7 heteroatoms. The van der Waals surface area contributed by atoms with Crippen molar-refractivity contribution in [3.05, 3.63) is 33.9 Å². The molecule has 2 N–H and O–H groups in total. The zero-order chi connectivity index (χ0) is 11.4. The molecule has 0 saturated heterocycles. The van der Waals surface area contributed by atoms with E-state index < -0.39 is 10.8 Å². The first-order chi connectivity index (χ1) is 7.06. The van der Waals surface area contributed by atoms with Gasteiger partial charge < -0.3 is 5.73 Å². The number of amides is 1. The largest absolute Gasteiger partial charge is 0.398 e. The number of nitrogens with zero attached hydrogens (tertiary/aromatic N) is 2. The molecule has 0 aliphatic heterocycles. The summed E-state index contributed by atoms with van der Waals surface area (Å²) in [7, 11) is 0. The van der Waals surface area contributed by atoms with Crippen molar-refractivity contribution in [1.29, 1.82) is 0 Å². The van der Waals surface area contributed by atoms with Crippen LogP contribution in [0.2, 0.25) is 0 Å². The van der Waals surface area contributed by atoms with E-state index in [4.69, 9.17) is 5.73 Å². The van der Waals surface area contributed by atoms with E-state index >= 15 is 0 Å². The molecule has 6 nitrogen and oxygen atoms in total. The molecule has 0 radical (unpaired) electrons. The Morgan fingerprint density at radius 1 is 1.60 bits per heavy atom. The van der Waals surface area contributed by atoms with E-state index in [-0.39, 0.29) is 16.9 Å². The van der Waals surface area contributed by atoms with E-state index in [2.05, 4.69) is 17.2 Å². The molecule has 0 unspecified atom stereocenters. The van der Waals surface area contributed by atoms with Crippen molar-refractivity contribution < 1.29 is 9.72 Å². The zero-order valence-electron chi connectivity index (χ0n) is 7.34. The Morgan fingerprint density at radius 2 is 2.27 bits per heavy atom. The summed E-state index contributed by atoms with van der Waals surface area (Å²) in [5.41, 5.74) is 5.32. The van der Waals surface area contributed by atoms with Crippen LogP contribution in [-0.4, -0.2) is 16.0 Å². The lowest BCUT2D eigenvalue weighted by molar-refractivity contribution is -0.384. The van der Waals surface area contributed by atoms with Crippen molar-refractivity contribution >= 4 is 34.7 Å². The molecule has 1 aromatic rings. The molecule has 15 heavy (non-hydrogen) atoms. The third kappa shape index (κ3) is 2.43. The van der Waals surface area contributed by atoms with Crippen LogP contribution in [0.3, 0.4) is 0 Å². The van der Waals surface area contributed by atoms with Gasteiger partial charge in [-0.25, -0.2) is 0 Å². The molecule has 0 saturated carbocycles. The van der Waals surface area contributed by atoms with E-state index in [0.29, 0.717) is 0 Å². The van der Waals surface area contributed by atoms with Crippen LogP contribution in [0.5, 0.6) is 0 Å². The van der Waals surface area contributed by atoms with E-state index in [1.165, 1.54) is 12.1 Å². The number of nitrogens with two attached hydrogens (primary N) is 1. The molecule has 1 amide bonds. The highest BCUT2D eigenvalue weighted by atomic mass is 32.1. The van der Waals surface area contributed by atoms with E-state index in [0.717, 1.165) is 6.07 Å². The van der Waals surface area contributed by atoms with Gasteiger partial charge in [-0.3, -0.25) is 14.9 Å². The van der Waals surface area contributed by atoms with Gasteiger partial charge in [-0.2, -0.15) is 4.99 Å². The highest BCUT2D eigenvalue weighted by Crippen LogP contribution is 2.20. The summed E-state index contributed by atoms with van der Waals surface area (Å²) in [4.78, 5) is 24.2. The summed E-state index contributed by atoms with van der Waals surface area (Å²) in [6.07, 6.45) is 0. The molecular weight excluding hydrogens is 218 g/mol. The fraction of sp³-hybridized carbons (Fsp3) is 0. The van der Waals surface area contributed by atoms with E-state index in [1.807, 2.05) is 5.16 Å². The number of hydrogen-bond donors (Lipinski definition) is 1. The van der Waals surface area contributed by atoms with Crippen molar-refractivity contribution in [3.63, 3.8) is 0 Å². The quantitative estimate of drug-likeness (QED) is 0.269. The standard InChI is InChI=1S/C8H5N3O3S/c9-7-3-5(11(13)14)1-2-6(7)8(12)10-4-15/h1-3H,9H2. The molecule has 0 aliphatic rings. The topological polar surface area (TPSA) is 98.6 Å². The van der Waals surface area contributed by atoms with Crippen molar-refractivity contribution in [1.82, 2.24) is 0 Å². The smallest absolute Gasteiger partial charge is 0.287 e. The fourth-order valence-electron chi connectivity index (χ4n) is 0.960. The van der Waals surface area contributed by atoms with Crippen LogP contribution in [-0.2, 0) is 0 Å². The van der Waals surface area contributed by atoms with Gasteiger partial charge >= 0.3 is 0 Å². The molecule has 1 aromatic carbocycles. The second-order valence-electron chi connectivity index (χ2n) is 2.54. The van der Waals surface area contributed by atoms with Gasteiger partial charge in [0, 0.05) is 12.1 Å². The van der Waals surface area contributed by atoms with Gasteiger partial charge in [-0.15, -0.1) is 0 Å². The van der Waals surface area contributed by atoms with Crippen molar-refractivity contribution in [2.24, 2.45) is 4.99 Å². The number of nitro benzene ring substituents is 1. The first-order valence-corrected chi connectivity index (χ1v) is 4.13. The maximum atomic E-state index is 11.2. The second kappa shape index (κ2) is 4.41. The maximum Gasteiger partial charge on any atom is 0.287 e. The molecule has 76 valence electrons. The number of rotatable bonds is 2. The minimum absolute atomic E-state index is 0.0109. The summed E-state index contributed by atoms with van der Waals surface area (Å²) >= 11 is 4.25. The first-order valence-electron chi connectivity index (χ1n) is 3.72. The lowest BCUT2D eigenvalue weighted by Gasteiger charge is -1.99. The van der Waals surface area contributed by atoms with Gasteiger partial charge in [-0.1, -0.05) is 0 Å². The Hall–Kier alpha value is -2.11. The fourth-order valence-corrected chi connectivity index (χ4v) is 1.04. The predicted molar refractivity (Wildman–Crippen MR) is 56.9 cm³/mol. The molecule has 0 fully saturated rings. The van der Waals surface area contributed by atoms with E-state index in [1.54, 1.807) is 0 Å². The average Bonchev–Trinajstić information content (AvgIpc) is 2.17. The molecule has 0 heterocycles. The van der Waals surface area contributed by atoms with Crippen molar-refractivity contribution in [2.45, 2.75) is 0 Å². The van der Waals surface area contributed by atoms with Gasteiger partial charge in [0.15, 0.2) is 0 Å². The number of carbonyl (C=O) groups excluding carboxylic acids is 1. The summed E-state index contributed by atoms with van der Waals surface area (Å²) in [6, 6.07) is 3.49. The first kappa shape index (κ1) is 11.0. The number of non-ortho nitro benzene ring substituents is 1. The summed E-state index contributed by atoms with van der Waals surface area (Å²) < 4.78 is 0. The van der Waals surface area contributed by atoms with Gasteiger partial charge in [0.05, 0.1) is 21.3 Å². The van der Waals surface area contributed by atoms with Crippen LogP contribution >= 0.6 is 12.2 Å². The molecular formula is C8H5N3O3S. The van der Waals surface area contributed by atoms with Crippen LogP contribution in [0.25, 0.3) is 0 Å². The lowest BCUT2D eigenvalue weighted by atomic mass is 10.1. The van der Waals surface area contributed by atoms with E-state index in [9.17, 15) is 14.9 Å². The number of carbonyl (C=O) groups is 1. The van der Waals surface area contributed by atoms with Crippen molar-refractivity contribution in [2.75, 3.05) is 5.73 Å². The monoisotopic (exact) mass is 223 g/mol. The number of aliphatic imine (C=N–C) groups is 1. The van der Waals surface area contributed by atoms with Gasteiger partial charge in [-0.05, 0) is 18.3 Å². The Labute approximate surface area is 89.6 Å². The molecule has 1 rings (SSSR count). The Bertz CT molecular complexity index is 480. The number of isothiocyanates is 1. The Morgan fingerprint density at radius 3 is 2.73 bits per heavy atom. The van der Waals surface area contributed by atoms with Gasteiger partial charge in [0.25, 0.3) is 11.6 Å². The van der Waals surface area contributed by atoms with Crippen LogP contribution < -0.4 is 5.73 Å². The summed E-state index contributed by atoms with van der Waals surface area (Å²) in [6.45, 7) is 0. The lowest BCUT2D eigenvalue weighted by Crippen LogP contribution is -2.01.